The number of quaternary nitrogens is 1. The summed E-state index contributed by atoms with van der Waals surface area (Å²) in [5, 5.41) is 0. The van der Waals surface area contributed by atoms with Gasteiger partial charge in [0.25, 0.3) is 0 Å². The Kier molecular flexibility index (Phi) is 2.94. The maximum Gasteiger partial charge on any atom is 0.0886 e. The highest BCUT2D eigenvalue weighted by Crippen LogP contribution is 2.24. The maximum absolute atomic E-state index is 2.39. The summed E-state index contributed by atoms with van der Waals surface area (Å²) in [7, 11) is 4.78. The summed E-state index contributed by atoms with van der Waals surface area (Å²) in [4.78, 5) is 0. The van der Waals surface area contributed by atoms with Gasteiger partial charge in [-0.15, -0.1) is 0 Å². The highest BCUT2D eigenvalue weighted by atomic mass is 15.3. The minimum atomic E-state index is 0.953. The molecule has 0 saturated carbocycles. The first-order valence-corrected chi connectivity index (χ1v) is 4.99. The number of piperidine rings is 1. The zero-order valence-electron chi connectivity index (χ0n) is 8.27. The number of rotatable bonds is 2. The molecule has 1 saturated heterocycles. The Hall–Kier alpha value is -0.0400. The third kappa shape index (κ3) is 2.19. The lowest BCUT2D eigenvalue weighted by atomic mass is 9.96. The first-order chi connectivity index (χ1) is 5.17. The van der Waals surface area contributed by atoms with Gasteiger partial charge in [0.1, 0.15) is 0 Å². The minimum absolute atomic E-state index is 0.953. The summed E-state index contributed by atoms with van der Waals surface area (Å²) in [6.45, 7) is 3.69. The topological polar surface area (TPSA) is 0 Å². The Balaban J connectivity index is 2.45. The van der Waals surface area contributed by atoms with E-state index in [0.717, 1.165) is 6.04 Å². The summed E-state index contributed by atoms with van der Waals surface area (Å²) in [5.74, 6) is 0. The standard InChI is InChI=1S/C10H22N/c1-4-7-10-8-5-6-9-11(10,2)3/h10H,4-9H2,1-3H3/q+1. The first-order valence-electron chi connectivity index (χ1n) is 4.99. The molecule has 0 aromatic heterocycles. The van der Waals surface area contributed by atoms with Crippen molar-refractivity contribution < 1.29 is 4.48 Å². The van der Waals surface area contributed by atoms with Crippen LogP contribution in [0, 0.1) is 0 Å². The molecule has 1 rings (SSSR count). The van der Waals surface area contributed by atoms with Gasteiger partial charge >= 0.3 is 0 Å². The molecule has 1 fully saturated rings. The Morgan fingerprint density at radius 1 is 1.27 bits per heavy atom. The van der Waals surface area contributed by atoms with Crippen molar-refractivity contribution in [3.8, 4) is 0 Å². The normalized spacial score (nSPS) is 30.3. The van der Waals surface area contributed by atoms with E-state index in [2.05, 4.69) is 21.0 Å². The molecular formula is C10H22N+. The van der Waals surface area contributed by atoms with Crippen LogP contribution in [0.5, 0.6) is 0 Å². The average Bonchev–Trinajstić information content (AvgIpc) is 1.94. The van der Waals surface area contributed by atoms with Gasteiger partial charge in [-0.05, 0) is 25.7 Å². The summed E-state index contributed by atoms with van der Waals surface area (Å²) in [5.41, 5.74) is 0. The Bertz CT molecular complexity index is 116. The van der Waals surface area contributed by atoms with E-state index in [1.54, 1.807) is 0 Å². The van der Waals surface area contributed by atoms with Crippen LogP contribution in [0.15, 0.2) is 0 Å². The van der Waals surface area contributed by atoms with Gasteiger partial charge < -0.3 is 4.48 Å². The predicted molar refractivity (Wildman–Crippen MR) is 49.5 cm³/mol. The minimum Gasteiger partial charge on any atom is -0.326 e. The quantitative estimate of drug-likeness (QED) is 0.539. The average molecular weight is 156 g/mol. The van der Waals surface area contributed by atoms with Gasteiger partial charge in [-0.1, -0.05) is 13.3 Å². The second kappa shape index (κ2) is 3.57. The van der Waals surface area contributed by atoms with Gasteiger partial charge in [-0.2, -0.15) is 0 Å². The van der Waals surface area contributed by atoms with E-state index >= 15 is 0 Å². The fraction of sp³-hybridized carbons (Fsp3) is 1.00. The summed E-state index contributed by atoms with van der Waals surface area (Å²) >= 11 is 0. The van der Waals surface area contributed by atoms with E-state index in [0.29, 0.717) is 0 Å². The van der Waals surface area contributed by atoms with Crippen molar-refractivity contribution in [2.75, 3.05) is 20.6 Å². The number of hydrogen-bond donors (Lipinski definition) is 0. The largest absolute Gasteiger partial charge is 0.326 e. The molecule has 1 atom stereocenters. The molecule has 0 spiro atoms. The fourth-order valence-electron chi connectivity index (χ4n) is 2.26. The molecule has 1 aliphatic heterocycles. The molecule has 0 bridgehead atoms. The number of nitrogens with zero attached hydrogens (tertiary/aromatic N) is 1. The van der Waals surface area contributed by atoms with Gasteiger partial charge in [-0.25, -0.2) is 0 Å². The molecule has 1 aliphatic rings. The first kappa shape index (κ1) is 9.05. The van der Waals surface area contributed by atoms with Crippen molar-refractivity contribution in [2.24, 2.45) is 0 Å². The van der Waals surface area contributed by atoms with Gasteiger partial charge in [0.2, 0.25) is 0 Å². The lowest BCUT2D eigenvalue weighted by Crippen LogP contribution is -2.51. The van der Waals surface area contributed by atoms with Gasteiger partial charge in [0.05, 0.1) is 26.7 Å². The highest BCUT2D eigenvalue weighted by molar-refractivity contribution is 4.63. The van der Waals surface area contributed by atoms with E-state index in [1.807, 2.05) is 0 Å². The summed E-state index contributed by atoms with van der Waals surface area (Å²) in [6.07, 6.45) is 7.14. The van der Waals surface area contributed by atoms with Crippen LogP contribution in [0.4, 0.5) is 0 Å². The fourth-order valence-corrected chi connectivity index (χ4v) is 2.26. The molecule has 1 heteroatoms. The Morgan fingerprint density at radius 3 is 2.55 bits per heavy atom. The van der Waals surface area contributed by atoms with Crippen molar-refractivity contribution in [3.05, 3.63) is 0 Å². The molecule has 0 N–H and O–H groups in total. The molecule has 1 heterocycles. The van der Waals surface area contributed by atoms with Gasteiger partial charge in [-0.3, -0.25) is 0 Å². The van der Waals surface area contributed by atoms with Crippen LogP contribution in [-0.2, 0) is 0 Å². The van der Waals surface area contributed by atoms with Gasteiger partial charge in [0, 0.05) is 0 Å². The predicted octanol–water partition coefficient (Wildman–Crippen LogP) is 2.42. The Morgan fingerprint density at radius 2 is 2.00 bits per heavy atom. The lowest BCUT2D eigenvalue weighted by molar-refractivity contribution is -0.920. The Labute approximate surface area is 71.0 Å². The molecular weight excluding hydrogens is 134 g/mol. The highest BCUT2D eigenvalue weighted by Gasteiger charge is 2.29. The molecule has 0 aliphatic carbocycles. The molecule has 0 amide bonds. The van der Waals surface area contributed by atoms with Crippen LogP contribution in [0.3, 0.4) is 0 Å². The van der Waals surface area contributed by atoms with Crippen LogP contribution < -0.4 is 0 Å². The summed E-state index contributed by atoms with van der Waals surface area (Å²) < 4.78 is 1.27. The number of hydrogen-bond acceptors (Lipinski definition) is 0. The third-order valence-corrected chi connectivity index (χ3v) is 3.13. The van der Waals surface area contributed by atoms with E-state index in [1.165, 1.54) is 43.1 Å². The van der Waals surface area contributed by atoms with E-state index in [-0.39, 0.29) is 0 Å². The molecule has 0 aromatic rings. The van der Waals surface area contributed by atoms with Crippen molar-refractivity contribution >= 4 is 0 Å². The third-order valence-electron chi connectivity index (χ3n) is 3.13. The molecule has 1 unspecified atom stereocenters. The van der Waals surface area contributed by atoms with Crippen molar-refractivity contribution in [1.82, 2.24) is 0 Å². The van der Waals surface area contributed by atoms with Crippen LogP contribution in [0.2, 0.25) is 0 Å². The summed E-state index contributed by atoms with van der Waals surface area (Å²) in [6, 6.07) is 0.953. The SMILES string of the molecule is CCCC1CCCC[N+]1(C)C. The second-order valence-electron chi connectivity index (χ2n) is 4.44. The zero-order chi connectivity index (χ0) is 8.32. The monoisotopic (exact) mass is 156 g/mol. The van der Waals surface area contributed by atoms with Crippen molar-refractivity contribution in [1.29, 1.82) is 0 Å². The van der Waals surface area contributed by atoms with Crippen molar-refractivity contribution in [3.63, 3.8) is 0 Å². The van der Waals surface area contributed by atoms with E-state index < -0.39 is 0 Å². The van der Waals surface area contributed by atoms with E-state index in [4.69, 9.17) is 0 Å². The second-order valence-corrected chi connectivity index (χ2v) is 4.44. The molecule has 0 radical (unpaired) electrons. The maximum atomic E-state index is 2.39. The van der Waals surface area contributed by atoms with Gasteiger partial charge in [0.15, 0.2) is 0 Å². The molecule has 66 valence electrons. The van der Waals surface area contributed by atoms with E-state index in [9.17, 15) is 0 Å². The smallest absolute Gasteiger partial charge is 0.0886 e. The van der Waals surface area contributed by atoms with Crippen molar-refractivity contribution in [2.45, 2.75) is 45.1 Å². The van der Waals surface area contributed by atoms with Crippen LogP contribution in [0.1, 0.15) is 39.0 Å². The molecule has 1 nitrogen and oxygen atoms in total. The molecule has 11 heavy (non-hydrogen) atoms. The molecule has 0 aromatic carbocycles. The van der Waals surface area contributed by atoms with Crippen LogP contribution in [0.25, 0.3) is 0 Å². The van der Waals surface area contributed by atoms with Crippen LogP contribution >= 0.6 is 0 Å². The van der Waals surface area contributed by atoms with Crippen LogP contribution in [-0.4, -0.2) is 31.2 Å². The number of likely N-dealkylation sites (tertiary alicyclic amines) is 1. The lowest BCUT2D eigenvalue weighted by Gasteiger charge is -2.41. The zero-order valence-corrected chi connectivity index (χ0v) is 8.27.